The van der Waals surface area contributed by atoms with E-state index in [-0.39, 0.29) is 17.0 Å². The fourth-order valence-corrected chi connectivity index (χ4v) is 2.90. The molecule has 26 heavy (non-hydrogen) atoms. The second kappa shape index (κ2) is 6.01. The zero-order valence-electron chi connectivity index (χ0n) is 13.4. The van der Waals surface area contributed by atoms with Crippen molar-refractivity contribution in [3.63, 3.8) is 0 Å². The number of rotatable bonds is 5. The molecule has 0 bridgehead atoms. The Morgan fingerprint density at radius 3 is 2.35 bits per heavy atom. The van der Waals surface area contributed by atoms with Gasteiger partial charge in [0.2, 0.25) is 0 Å². The van der Waals surface area contributed by atoms with Crippen molar-refractivity contribution >= 4 is 17.8 Å². The SMILES string of the molecule is O=C(Cn1nc(C(F)F)cc1C1CC1)ON1C(=O)c2ccccc2C1=O. The van der Waals surface area contributed by atoms with Crippen LogP contribution in [0.4, 0.5) is 8.78 Å². The van der Waals surface area contributed by atoms with Gasteiger partial charge >= 0.3 is 5.97 Å². The van der Waals surface area contributed by atoms with Crippen molar-refractivity contribution in [2.24, 2.45) is 0 Å². The third-order valence-electron chi connectivity index (χ3n) is 4.28. The summed E-state index contributed by atoms with van der Waals surface area (Å²) in [5.74, 6) is -2.34. The van der Waals surface area contributed by atoms with Crippen LogP contribution in [0.5, 0.6) is 0 Å². The predicted molar refractivity (Wildman–Crippen MR) is 82.2 cm³/mol. The first kappa shape index (κ1) is 16.4. The smallest absolute Gasteiger partial charge is 0.328 e. The molecule has 4 rings (SSSR count). The molecule has 2 aromatic rings. The Balaban J connectivity index is 1.50. The van der Waals surface area contributed by atoms with Gasteiger partial charge in [-0.2, -0.15) is 5.10 Å². The fraction of sp³-hybridized carbons (Fsp3) is 0.294. The average molecular weight is 361 g/mol. The van der Waals surface area contributed by atoms with Crippen LogP contribution in [0, 0.1) is 0 Å². The molecule has 1 aromatic carbocycles. The molecular weight excluding hydrogens is 348 g/mol. The third kappa shape index (κ3) is 2.75. The standard InChI is InChI=1S/C17H13F2N3O4/c18-15(19)12-7-13(9-5-6-9)21(20-12)8-14(23)26-22-16(24)10-3-1-2-4-11(10)17(22)25/h1-4,7,9,15H,5-6,8H2. The number of carbonyl (C=O) groups excluding carboxylic acids is 3. The predicted octanol–water partition coefficient (Wildman–Crippen LogP) is 2.45. The van der Waals surface area contributed by atoms with E-state index in [9.17, 15) is 23.2 Å². The summed E-state index contributed by atoms with van der Waals surface area (Å²) in [7, 11) is 0. The van der Waals surface area contributed by atoms with E-state index in [2.05, 4.69) is 5.10 Å². The lowest BCUT2D eigenvalue weighted by molar-refractivity contribution is -0.169. The van der Waals surface area contributed by atoms with Crippen molar-refractivity contribution in [2.75, 3.05) is 0 Å². The molecule has 1 aliphatic heterocycles. The molecule has 0 spiro atoms. The molecular formula is C17H13F2N3O4. The van der Waals surface area contributed by atoms with E-state index in [4.69, 9.17) is 4.84 Å². The maximum absolute atomic E-state index is 12.9. The Morgan fingerprint density at radius 1 is 1.19 bits per heavy atom. The molecule has 7 nitrogen and oxygen atoms in total. The summed E-state index contributed by atoms with van der Waals surface area (Å²) in [6.07, 6.45) is -1.08. The lowest BCUT2D eigenvalue weighted by atomic mass is 10.1. The Labute approximate surface area is 146 Å². The van der Waals surface area contributed by atoms with E-state index in [1.54, 1.807) is 12.1 Å². The minimum atomic E-state index is -2.75. The molecule has 1 aliphatic carbocycles. The van der Waals surface area contributed by atoms with Crippen LogP contribution in [0.2, 0.25) is 0 Å². The number of hydrogen-bond donors (Lipinski definition) is 0. The summed E-state index contributed by atoms with van der Waals surface area (Å²) >= 11 is 0. The van der Waals surface area contributed by atoms with Gasteiger partial charge < -0.3 is 4.84 Å². The van der Waals surface area contributed by atoms with Gasteiger partial charge in [-0.25, -0.2) is 13.6 Å². The van der Waals surface area contributed by atoms with Gasteiger partial charge in [-0.05, 0) is 31.0 Å². The third-order valence-corrected chi connectivity index (χ3v) is 4.28. The number of alkyl halides is 2. The van der Waals surface area contributed by atoms with E-state index in [1.165, 1.54) is 18.2 Å². The van der Waals surface area contributed by atoms with Crippen LogP contribution in [0.15, 0.2) is 30.3 Å². The van der Waals surface area contributed by atoms with Gasteiger partial charge in [0.05, 0.1) is 11.1 Å². The first-order chi connectivity index (χ1) is 12.5. The molecule has 0 N–H and O–H groups in total. The summed E-state index contributed by atoms with van der Waals surface area (Å²) in [4.78, 5) is 41.4. The molecule has 1 saturated carbocycles. The molecule has 1 aromatic heterocycles. The Bertz CT molecular complexity index is 885. The number of carbonyl (C=O) groups is 3. The number of hydroxylamine groups is 2. The normalized spacial score (nSPS) is 16.3. The minimum Gasteiger partial charge on any atom is -0.328 e. The lowest BCUT2D eigenvalue weighted by Gasteiger charge is -2.13. The number of aromatic nitrogens is 2. The van der Waals surface area contributed by atoms with E-state index in [0.29, 0.717) is 10.8 Å². The van der Waals surface area contributed by atoms with Crippen LogP contribution >= 0.6 is 0 Å². The Hall–Kier alpha value is -3.10. The number of amides is 2. The van der Waals surface area contributed by atoms with Crippen molar-refractivity contribution in [1.82, 2.24) is 14.8 Å². The summed E-state index contributed by atoms with van der Waals surface area (Å²) < 4.78 is 26.9. The van der Waals surface area contributed by atoms with Crippen molar-refractivity contribution in [3.05, 3.63) is 52.8 Å². The number of hydrogen-bond acceptors (Lipinski definition) is 5. The maximum atomic E-state index is 12.9. The number of halogens is 2. The number of imide groups is 1. The van der Waals surface area contributed by atoms with Crippen LogP contribution in [-0.4, -0.2) is 32.6 Å². The molecule has 2 amide bonds. The molecule has 1 fully saturated rings. The quantitative estimate of drug-likeness (QED) is 0.764. The van der Waals surface area contributed by atoms with Gasteiger partial charge in [-0.1, -0.05) is 17.2 Å². The van der Waals surface area contributed by atoms with Gasteiger partial charge in [0, 0.05) is 11.6 Å². The summed E-state index contributed by atoms with van der Waals surface area (Å²) in [6, 6.07) is 7.37. The summed E-state index contributed by atoms with van der Waals surface area (Å²) in [5, 5.41) is 4.13. The van der Waals surface area contributed by atoms with E-state index in [0.717, 1.165) is 17.5 Å². The molecule has 134 valence electrons. The first-order valence-corrected chi connectivity index (χ1v) is 8.00. The monoisotopic (exact) mass is 361 g/mol. The molecule has 2 heterocycles. The second-order valence-corrected chi connectivity index (χ2v) is 6.14. The van der Waals surface area contributed by atoms with Crippen molar-refractivity contribution in [2.45, 2.75) is 31.7 Å². The van der Waals surface area contributed by atoms with Crippen LogP contribution in [-0.2, 0) is 16.2 Å². The van der Waals surface area contributed by atoms with Gasteiger partial charge in [-0.15, -0.1) is 0 Å². The van der Waals surface area contributed by atoms with Crippen LogP contribution in [0.1, 0.15) is 57.3 Å². The van der Waals surface area contributed by atoms with Crippen LogP contribution in [0.3, 0.4) is 0 Å². The number of nitrogens with zero attached hydrogens (tertiary/aromatic N) is 3. The zero-order valence-corrected chi connectivity index (χ0v) is 13.4. The lowest BCUT2D eigenvalue weighted by Crippen LogP contribution is -2.34. The van der Waals surface area contributed by atoms with Crippen LogP contribution in [0.25, 0.3) is 0 Å². The number of fused-ring (bicyclic) bond motifs is 1. The molecule has 0 saturated heterocycles. The maximum Gasteiger partial charge on any atom is 0.354 e. The largest absolute Gasteiger partial charge is 0.354 e. The van der Waals surface area contributed by atoms with E-state index >= 15 is 0 Å². The molecule has 2 aliphatic rings. The van der Waals surface area contributed by atoms with Crippen molar-refractivity contribution in [1.29, 1.82) is 0 Å². The highest BCUT2D eigenvalue weighted by Crippen LogP contribution is 2.41. The Morgan fingerprint density at radius 2 is 1.81 bits per heavy atom. The first-order valence-electron chi connectivity index (χ1n) is 8.00. The summed E-state index contributed by atoms with van der Waals surface area (Å²) in [5.41, 5.74) is 0.395. The highest BCUT2D eigenvalue weighted by Gasteiger charge is 2.39. The van der Waals surface area contributed by atoms with E-state index < -0.39 is 36.4 Å². The fourth-order valence-electron chi connectivity index (χ4n) is 2.90. The molecule has 0 atom stereocenters. The van der Waals surface area contributed by atoms with Gasteiger partial charge in [0.25, 0.3) is 18.2 Å². The van der Waals surface area contributed by atoms with Gasteiger partial charge in [-0.3, -0.25) is 14.3 Å². The van der Waals surface area contributed by atoms with Crippen LogP contribution < -0.4 is 0 Å². The molecule has 0 radical (unpaired) electrons. The van der Waals surface area contributed by atoms with Crippen molar-refractivity contribution in [3.8, 4) is 0 Å². The molecule has 0 unspecified atom stereocenters. The highest BCUT2D eigenvalue weighted by atomic mass is 19.3. The highest BCUT2D eigenvalue weighted by molar-refractivity contribution is 6.20. The summed E-state index contributed by atoms with van der Waals surface area (Å²) in [6.45, 7) is -0.466. The Kier molecular flexibility index (Phi) is 3.78. The van der Waals surface area contributed by atoms with Gasteiger partial charge in [0.15, 0.2) is 0 Å². The second-order valence-electron chi connectivity index (χ2n) is 6.14. The topological polar surface area (TPSA) is 81.5 Å². The minimum absolute atomic E-state index is 0.0853. The van der Waals surface area contributed by atoms with E-state index in [1.807, 2.05) is 0 Å². The molecule has 9 heteroatoms. The van der Waals surface area contributed by atoms with Gasteiger partial charge in [0.1, 0.15) is 12.2 Å². The number of benzene rings is 1. The average Bonchev–Trinajstić information content (AvgIpc) is 3.34. The van der Waals surface area contributed by atoms with Crippen molar-refractivity contribution < 1.29 is 28.0 Å². The zero-order chi connectivity index (χ0) is 18.4.